The number of hydrogen-bond acceptors (Lipinski definition) is 6. The molecule has 5 rings (SSSR count). The van der Waals surface area contributed by atoms with Crippen molar-refractivity contribution in [1.29, 1.82) is 0 Å². The predicted octanol–water partition coefficient (Wildman–Crippen LogP) is 6.04. The largest absolute Gasteiger partial charge is 0.493 e. The highest BCUT2D eigenvalue weighted by Gasteiger charge is 2.21. The highest BCUT2D eigenvalue weighted by Crippen LogP contribution is 2.33. The number of carbonyl (C=O) groups is 1. The van der Waals surface area contributed by atoms with Crippen LogP contribution >= 0.6 is 0 Å². The number of amides is 1. The quantitative estimate of drug-likeness (QED) is 0.175. The van der Waals surface area contributed by atoms with Crippen molar-refractivity contribution in [2.45, 2.75) is 46.1 Å². The molecule has 4 aromatic rings. The van der Waals surface area contributed by atoms with Gasteiger partial charge in [-0.15, -0.1) is 0 Å². The third-order valence-electron chi connectivity index (χ3n) is 7.53. The van der Waals surface area contributed by atoms with Gasteiger partial charge in [0, 0.05) is 25.3 Å². The molecule has 0 fully saturated rings. The second kappa shape index (κ2) is 13.0. The zero-order valence-corrected chi connectivity index (χ0v) is 24.6. The van der Waals surface area contributed by atoms with E-state index in [4.69, 9.17) is 9.72 Å². The molecular weight excluding hydrogens is 533 g/mol. The molecule has 2 aromatic heterocycles. The maximum Gasteiger partial charge on any atom is 0.351 e. The number of methoxy groups -OCH3 is 1. The summed E-state index contributed by atoms with van der Waals surface area (Å²) in [5, 5.41) is 10.2. The number of nitrogens with zero attached hydrogens (tertiary/aromatic N) is 2. The van der Waals surface area contributed by atoms with E-state index in [9.17, 15) is 9.18 Å². The van der Waals surface area contributed by atoms with Crippen LogP contribution < -0.4 is 25.7 Å². The predicted molar refractivity (Wildman–Crippen MR) is 165 cm³/mol. The molecule has 5 N–H and O–H groups in total. The topological polar surface area (TPSA) is 108 Å². The summed E-state index contributed by atoms with van der Waals surface area (Å²) < 4.78 is 20.1. The van der Waals surface area contributed by atoms with Crippen molar-refractivity contribution in [3.05, 3.63) is 71.7 Å². The van der Waals surface area contributed by atoms with E-state index in [2.05, 4.69) is 49.9 Å². The summed E-state index contributed by atoms with van der Waals surface area (Å²) in [7, 11) is 1.65. The van der Waals surface area contributed by atoms with Gasteiger partial charge in [0.15, 0.2) is 5.75 Å². The van der Waals surface area contributed by atoms with E-state index < -0.39 is 5.82 Å². The zero-order valence-electron chi connectivity index (χ0n) is 24.6. The minimum atomic E-state index is -0.459. The van der Waals surface area contributed by atoms with Gasteiger partial charge in [0.2, 0.25) is 11.5 Å². The van der Waals surface area contributed by atoms with Crippen molar-refractivity contribution in [3.63, 3.8) is 0 Å². The number of ether oxygens (including phenoxy) is 1. The summed E-state index contributed by atoms with van der Waals surface area (Å²) in [5.74, 6) is 0.834. The smallest absolute Gasteiger partial charge is 0.351 e. The third kappa shape index (κ3) is 6.54. The number of rotatable bonds is 11. The van der Waals surface area contributed by atoms with E-state index in [0.717, 1.165) is 55.5 Å². The normalized spacial score (nSPS) is 14.4. The van der Waals surface area contributed by atoms with Crippen molar-refractivity contribution < 1.29 is 18.9 Å². The first kappa shape index (κ1) is 29.1. The lowest BCUT2D eigenvalue weighted by molar-refractivity contribution is -0.333. The van der Waals surface area contributed by atoms with Crippen LogP contribution in [0.5, 0.6) is 5.75 Å². The van der Waals surface area contributed by atoms with E-state index in [0.29, 0.717) is 34.4 Å². The minimum Gasteiger partial charge on any atom is -0.493 e. The average Bonchev–Trinajstić information content (AvgIpc) is 3.47. The fourth-order valence-electron chi connectivity index (χ4n) is 5.14. The lowest BCUT2D eigenvalue weighted by Crippen LogP contribution is -2.32. The summed E-state index contributed by atoms with van der Waals surface area (Å²) in [6, 6.07) is 12.0. The van der Waals surface area contributed by atoms with Crippen LogP contribution in [0.4, 0.5) is 27.5 Å². The van der Waals surface area contributed by atoms with Crippen LogP contribution in [0, 0.1) is 5.82 Å². The molecule has 3 heterocycles. The first-order valence-electron chi connectivity index (χ1n) is 14.5. The molecule has 1 atom stereocenters. The van der Waals surface area contributed by atoms with E-state index in [1.165, 1.54) is 23.8 Å². The Kier molecular flexibility index (Phi) is 9.02. The van der Waals surface area contributed by atoms with Crippen molar-refractivity contribution in [2.75, 3.05) is 37.4 Å². The Morgan fingerprint density at radius 1 is 1.17 bits per heavy atom. The van der Waals surface area contributed by atoms with Crippen molar-refractivity contribution in [1.82, 2.24) is 20.2 Å². The number of aromatic nitrogens is 3. The van der Waals surface area contributed by atoms with Gasteiger partial charge >= 0.3 is 5.95 Å². The van der Waals surface area contributed by atoms with Gasteiger partial charge in [-0.2, -0.15) is 0 Å². The second-order valence-electron chi connectivity index (χ2n) is 10.6. The molecule has 1 amide bonds. The van der Waals surface area contributed by atoms with E-state index in [-0.39, 0.29) is 11.9 Å². The zero-order chi connectivity index (χ0) is 29.6. The number of carbonyl (C=O) groups excluding carboxylic acids is 1. The number of hydrogen-bond donors (Lipinski definition) is 4. The number of fused-ring (bicyclic) bond motifs is 1. The lowest BCUT2D eigenvalue weighted by atomic mass is 10.00. The van der Waals surface area contributed by atoms with Crippen LogP contribution in [0.25, 0.3) is 16.6 Å². The van der Waals surface area contributed by atoms with Crippen LogP contribution in [-0.2, 0) is 0 Å². The molecule has 1 aliphatic heterocycles. The summed E-state index contributed by atoms with van der Waals surface area (Å²) in [6.07, 6.45) is 7.05. The molecule has 0 radical (unpaired) electrons. The van der Waals surface area contributed by atoms with Crippen LogP contribution in [0.3, 0.4) is 0 Å². The van der Waals surface area contributed by atoms with E-state index in [1.807, 2.05) is 32.0 Å². The molecule has 0 spiro atoms. The standard InChI is InChI=1S/C32H38FN7O2/c1-5-15-40-16-7-8-22(19-40)21-9-12-26(28(17-21)42-4)37-32-38-29-25(13-14-34-29)30(39-32)36-27-18-23(33)10-11-24(27)31(41)35-20(3)6-2/h8-14,17-18,20H,5-7,15-16,19H2,1-4H3,(H,35,41)(H3,34,36,37,38,39)/p+1/t20-/m0/s1. The molecular formula is C32H39FN7O2+. The minimum absolute atomic E-state index is 0.0157. The van der Waals surface area contributed by atoms with Crippen LogP contribution in [0.1, 0.15) is 56.0 Å². The van der Waals surface area contributed by atoms with Crippen molar-refractivity contribution in [2.24, 2.45) is 0 Å². The molecule has 0 aliphatic carbocycles. The Balaban J connectivity index is 1.43. The molecule has 10 heteroatoms. The molecule has 0 bridgehead atoms. The monoisotopic (exact) mass is 572 g/mol. The number of nitrogens with one attached hydrogen (secondary N) is 5. The van der Waals surface area contributed by atoms with Gasteiger partial charge in [-0.25, -0.2) is 9.37 Å². The van der Waals surface area contributed by atoms with E-state index >= 15 is 0 Å². The van der Waals surface area contributed by atoms with E-state index in [1.54, 1.807) is 13.3 Å². The highest BCUT2D eigenvalue weighted by molar-refractivity contribution is 6.01. The van der Waals surface area contributed by atoms with Gasteiger partial charge < -0.3 is 15.4 Å². The average molecular weight is 573 g/mol. The maximum atomic E-state index is 14.3. The molecule has 0 saturated heterocycles. The summed E-state index contributed by atoms with van der Waals surface area (Å²) in [5.41, 5.74) is 4.52. The molecule has 9 nitrogen and oxygen atoms in total. The number of aromatic amines is 2. The van der Waals surface area contributed by atoms with Crippen molar-refractivity contribution >= 4 is 45.7 Å². The Bertz CT molecular complexity index is 1600. The van der Waals surface area contributed by atoms with Gasteiger partial charge in [0.05, 0.1) is 23.7 Å². The summed E-state index contributed by atoms with van der Waals surface area (Å²) in [4.78, 5) is 26.7. The highest BCUT2D eigenvalue weighted by atomic mass is 19.1. The summed E-state index contributed by atoms with van der Waals surface area (Å²) >= 11 is 0. The second-order valence-corrected chi connectivity index (χ2v) is 10.6. The Hall–Kier alpha value is -4.44. The Labute approximate surface area is 245 Å². The lowest BCUT2D eigenvalue weighted by Gasteiger charge is -2.27. The summed E-state index contributed by atoms with van der Waals surface area (Å²) in [6.45, 7) is 9.24. The molecule has 220 valence electrons. The van der Waals surface area contributed by atoms with Gasteiger partial charge in [-0.05, 0) is 80.3 Å². The Morgan fingerprint density at radius 2 is 2.02 bits per heavy atom. The van der Waals surface area contributed by atoms with Crippen LogP contribution in [-0.4, -0.2) is 53.6 Å². The third-order valence-corrected chi connectivity index (χ3v) is 7.53. The Morgan fingerprint density at radius 3 is 2.81 bits per heavy atom. The maximum absolute atomic E-state index is 14.3. The van der Waals surface area contributed by atoms with Gasteiger partial charge in [0.25, 0.3) is 5.91 Å². The number of halogens is 1. The SMILES string of the molecule is CCCN1CCC=C(c2ccc(Nc3nc(Nc4cc(F)ccc4C(=O)N[C@@H](C)CC)c4cc[nH]c4[nH+]3)c(OC)c2)C1. The molecule has 1 aliphatic rings. The van der Waals surface area contributed by atoms with Gasteiger partial charge in [0.1, 0.15) is 11.5 Å². The molecule has 42 heavy (non-hydrogen) atoms. The van der Waals surface area contributed by atoms with Crippen LogP contribution in [0.2, 0.25) is 0 Å². The van der Waals surface area contributed by atoms with Crippen molar-refractivity contribution in [3.8, 4) is 5.75 Å². The van der Waals surface area contributed by atoms with Crippen LogP contribution in [0.15, 0.2) is 54.7 Å². The van der Waals surface area contributed by atoms with Gasteiger partial charge in [-0.3, -0.25) is 20.0 Å². The number of anilines is 4. The fourth-order valence-corrected chi connectivity index (χ4v) is 5.14. The first-order valence-corrected chi connectivity index (χ1v) is 14.5. The first-order chi connectivity index (χ1) is 20.4. The molecule has 0 unspecified atom stereocenters. The van der Waals surface area contributed by atoms with Gasteiger partial charge in [-0.1, -0.05) is 31.0 Å². The molecule has 0 saturated carbocycles. The molecule has 2 aromatic carbocycles. The number of H-pyrrole nitrogens is 2. The number of benzene rings is 2. The fraction of sp³-hybridized carbons (Fsp3) is 0.344.